The number of benzene rings is 1. The van der Waals surface area contributed by atoms with Gasteiger partial charge in [0, 0.05) is 42.8 Å². The van der Waals surface area contributed by atoms with Crippen molar-refractivity contribution in [3.8, 4) is 0 Å². The lowest BCUT2D eigenvalue weighted by molar-refractivity contribution is 0.299. The van der Waals surface area contributed by atoms with Crippen molar-refractivity contribution in [2.75, 3.05) is 44.2 Å². The molecule has 1 aliphatic rings. The van der Waals surface area contributed by atoms with E-state index in [1.165, 1.54) is 0 Å². The van der Waals surface area contributed by atoms with Crippen molar-refractivity contribution < 1.29 is 8.42 Å². The molecule has 6 nitrogen and oxygen atoms in total. The van der Waals surface area contributed by atoms with E-state index in [1.54, 1.807) is 12.1 Å². The van der Waals surface area contributed by atoms with Gasteiger partial charge in [-0.1, -0.05) is 29.3 Å². The second-order valence-electron chi connectivity index (χ2n) is 5.85. The van der Waals surface area contributed by atoms with Crippen LogP contribution in [0.1, 0.15) is 12.5 Å². The van der Waals surface area contributed by atoms with Gasteiger partial charge in [-0.3, -0.25) is 4.90 Å². The maximum absolute atomic E-state index is 11.4. The van der Waals surface area contributed by atoms with E-state index in [4.69, 9.17) is 23.2 Å². The fraction of sp³-hybridized carbons (Fsp3) is 0.562. The van der Waals surface area contributed by atoms with Gasteiger partial charge < -0.3 is 10.6 Å². The molecule has 2 rings (SSSR count). The zero-order valence-corrected chi connectivity index (χ0v) is 16.6. The molecule has 0 aliphatic carbocycles. The minimum absolute atomic E-state index is 0.246. The van der Waals surface area contributed by atoms with Gasteiger partial charge in [0.25, 0.3) is 0 Å². The molecule has 0 aromatic heterocycles. The van der Waals surface area contributed by atoms with Crippen LogP contribution < -0.4 is 10.6 Å². The van der Waals surface area contributed by atoms with Gasteiger partial charge in [-0.15, -0.1) is 0 Å². The Kier molecular flexibility index (Phi) is 7.81. The van der Waals surface area contributed by atoms with Gasteiger partial charge in [0.05, 0.1) is 18.1 Å². The monoisotopic (exact) mass is 406 g/mol. The van der Waals surface area contributed by atoms with Crippen molar-refractivity contribution in [1.29, 1.82) is 0 Å². The SMILES string of the molecule is CCNC(=NCc1ccc(Cl)cc1Cl)NCCN1CCS(=O)(=O)CC1. The number of aliphatic imine (C=N–C) groups is 1. The summed E-state index contributed by atoms with van der Waals surface area (Å²) in [6.45, 7) is 5.87. The quantitative estimate of drug-likeness (QED) is 0.556. The minimum atomic E-state index is -2.83. The highest BCUT2D eigenvalue weighted by Gasteiger charge is 2.20. The number of nitrogens with zero attached hydrogens (tertiary/aromatic N) is 2. The van der Waals surface area contributed by atoms with E-state index in [1.807, 2.05) is 13.0 Å². The molecule has 1 heterocycles. The van der Waals surface area contributed by atoms with Crippen LogP contribution in [0.25, 0.3) is 0 Å². The Balaban J connectivity index is 1.83. The normalized spacial score (nSPS) is 18.1. The molecular weight excluding hydrogens is 383 g/mol. The van der Waals surface area contributed by atoms with Crippen molar-refractivity contribution in [3.05, 3.63) is 33.8 Å². The average molecular weight is 407 g/mol. The third kappa shape index (κ3) is 7.01. The molecule has 9 heteroatoms. The Morgan fingerprint density at radius 2 is 1.96 bits per heavy atom. The van der Waals surface area contributed by atoms with Gasteiger partial charge in [0.15, 0.2) is 15.8 Å². The molecule has 0 spiro atoms. The van der Waals surface area contributed by atoms with Crippen LogP contribution in [0.15, 0.2) is 23.2 Å². The van der Waals surface area contributed by atoms with Gasteiger partial charge in [-0.25, -0.2) is 13.4 Å². The first-order chi connectivity index (χ1) is 11.9. The van der Waals surface area contributed by atoms with Crippen LogP contribution in [-0.2, 0) is 16.4 Å². The van der Waals surface area contributed by atoms with Crippen molar-refractivity contribution in [1.82, 2.24) is 15.5 Å². The molecule has 1 aromatic carbocycles. The summed E-state index contributed by atoms with van der Waals surface area (Å²) in [6.07, 6.45) is 0. The molecule has 25 heavy (non-hydrogen) atoms. The second-order valence-corrected chi connectivity index (χ2v) is 9.00. The van der Waals surface area contributed by atoms with E-state index in [0.717, 1.165) is 18.7 Å². The van der Waals surface area contributed by atoms with E-state index < -0.39 is 9.84 Å². The molecule has 0 saturated carbocycles. The van der Waals surface area contributed by atoms with E-state index in [-0.39, 0.29) is 11.5 Å². The molecule has 2 N–H and O–H groups in total. The number of hydrogen-bond acceptors (Lipinski definition) is 4. The van der Waals surface area contributed by atoms with E-state index in [9.17, 15) is 8.42 Å². The lowest BCUT2D eigenvalue weighted by Crippen LogP contribution is -2.45. The van der Waals surface area contributed by atoms with Crippen molar-refractivity contribution >= 4 is 39.0 Å². The Hall–Kier alpha value is -1.02. The van der Waals surface area contributed by atoms with Crippen LogP contribution in [0.5, 0.6) is 0 Å². The second kappa shape index (κ2) is 9.62. The zero-order chi connectivity index (χ0) is 18.3. The molecule has 140 valence electrons. The van der Waals surface area contributed by atoms with Crippen LogP contribution in [0.2, 0.25) is 10.0 Å². The van der Waals surface area contributed by atoms with E-state index >= 15 is 0 Å². The molecule has 0 atom stereocenters. The predicted molar refractivity (Wildman–Crippen MR) is 104 cm³/mol. The highest BCUT2D eigenvalue weighted by atomic mass is 35.5. The summed E-state index contributed by atoms with van der Waals surface area (Å²) in [5.74, 6) is 1.20. The standard InChI is InChI=1S/C16H24Cl2N4O2S/c1-2-19-16(21-12-13-3-4-14(17)11-15(13)18)20-5-6-22-7-9-25(23,24)10-8-22/h3-4,11H,2,5-10,12H2,1H3,(H2,19,20,21). The third-order valence-corrected chi connectivity index (χ3v) is 6.12. The topological polar surface area (TPSA) is 73.8 Å². The van der Waals surface area contributed by atoms with Crippen molar-refractivity contribution in [2.24, 2.45) is 4.99 Å². The summed E-state index contributed by atoms with van der Waals surface area (Å²) in [6, 6.07) is 5.37. The van der Waals surface area contributed by atoms with Gasteiger partial charge in [0.1, 0.15) is 0 Å². The third-order valence-electron chi connectivity index (χ3n) is 3.92. The lowest BCUT2D eigenvalue weighted by atomic mass is 10.2. The van der Waals surface area contributed by atoms with Crippen LogP contribution in [0, 0.1) is 0 Å². The fourth-order valence-corrected chi connectivity index (χ4v) is 4.21. The van der Waals surface area contributed by atoms with Crippen LogP contribution in [-0.4, -0.2) is 63.5 Å². The average Bonchev–Trinajstić information content (AvgIpc) is 2.55. The molecule has 0 radical (unpaired) electrons. The summed E-state index contributed by atoms with van der Waals surface area (Å²) in [4.78, 5) is 6.68. The number of guanidine groups is 1. The number of sulfone groups is 1. The summed E-state index contributed by atoms with van der Waals surface area (Å²) in [5, 5.41) is 7.66. The molecule has 1 aliphatic heterocycles. The molecule has 0 bridgehead atoms. The molecule has 1 saturated heterocycles. The highest BCUT2D eigenvalue weighted by Crippen LogP contribution is 2.21. The smallest absolute Gasteiger partial charge is 0.191 e. The van der Waals surface area contributed by atoms with Crippen LogP contribution >= 0.6 is 23.2 Å². The largest absolute Gasteiger partial charge is 0.357 e. The minimum Gasteiger partial charge on any atom is -0.357 e. The van der Waals surface area contributed by atoms with Gasteiger partial charge in [0.2, 0.25) is 0 Å². The number of nitrogens with one attached hydrogen (secondary N) is 2. The molecule has 1 aromatic rings. The summed E-state index contributed by atoms with van der Waals surface area (Å²) in [7, 11) is -2.83. The summed E-state index contributed by atoms with van der Waals surface area (Å²) in [5.41, 5.74) is 0.907. The first kappa shape index (κ1) is 20.3. The Bertz CT molecular complexity index is 696. The molecule has 1 fully saturated rings. The van der Waals surface area contributed by atoms with E-state index in [2.05, 4.69) is 20.5 Å². The highest BCUT2D eigenvalue weighted by molar-refractivity contribution is 7.91. The number of rotatable bonds is 6. The molecular formula is C16H24Cl2N4O2S. The Morgan fingerprint density at radius 1 is 1.24 bits per heavy atom. The first-order valence-electron chi connectivity index (χ1n) is 8.28. The van der Waals surface area contributed by atoms with Crippen LogP contribution in [0.4, 0.5) is 0 Å². The predicted octanol–water partition coefficient (Wildman–Crippen LogP) is 1.78. The maximum Gasteiger partial charge on any atom is 0.191 e. The zero-order valence-electron chi connectivity index (χ0n) is 14.3. The van der Waals surface area contributed by atoms with E-state index in [0.29, 0.717) is 42.2 Å². The molecule has 0 unspecified atom stereocenters. The maximum atomic E-state index is 11.4. The summed E-state index contributed by atoms with van der Waals surface area (Å²) < 4.78 is 22.9. The lowest BCUT2D eigenvalue weighted by Gasteiger charge is -2.26. The summed E-state index contributed by atoms with van der Waals surface area (Å²) >= 11 is 12.1. The van der Waals surface area contributed by atoms with Crippen molar-refractivity contribution in [2.45, 2.75) is 13.5 Å². The first-order valence-corrected chi connectivity index (χ1v) is 10.9. The fourth-order valence-electron chi connectivity index (χ4n) is 2.46. The number of halogens is 2. The van der Waals surface area contributed by atoms with Gasteiger partial charge in [-0.05, 0) is 24.6 Å². The Morgan fingerprint density at radius 3 is 2.60 bits per heavy atom. The van der Waals surface area contributed by atoms with Gasteiger partial charge in [-0.2, -0.15) is 0 Å². The van der Waals surface area contributed by atoms with Crippen molar-refractivity contribution in [3.63, 3.8) is 0 Å². The van der Waals surface area contributed by atoms with Crippen LogP contribution in [0.3, 0.4) is 0 Å². The number of hydrogen-bond donors (Lipinski definition) is 2. The molecule has 0 amide bonds. The Labute approximate surface area is 159 Å². The van der Waals surface area contributed by atoms with Gasteiger partial charge >= 0.3 is 0 Å².